The molecule has 0 aromatic heterocycles. The zero-order valence-corrected chi connectivity index (χ0v) is 13.9. The van der Waals surface area contributed by atoms with E-state index in [1.165, 1.54) is 0 Å². The van der Waals surface area contributed by atoms with Crippen LogP contribution >= 0.6 is 11.6 Å². The number of halogens is 1. The molecular weight excluding hydrogens is 312 g/mol. The molecule has 0 radical (unpaired) electrons. The minimum atomic E-state index is -0.274. The van der Waals surface area contributed by atoms with Crippen LogP contribution in [0.3, 0.4) is 0 Å². The van der Waals surface area contributed by atoms with Gasteiger partial charge in [-0.1, -0.05) is 36.7 Å². The second-order valence-electron chi connectivity index (χ2n) is 5.48. The molecule has 0 aliphatic carbocycles. The Labute approximate surface area is 141 Å². The molecular formula is C18H19ClN2O2. The molecule has 1 atom stereocenters. The topological polar surface area (TPSA) is 41.6 Å². The lowest BCUT2D eigenvalue weighted by Crippen LogP contribution is -2.43. The molecule has 23 heavy (non-hydrogen) atoms. The fourth-order valence-electron chi connectivity index (χ4n) is 2.93. The highest BCUT2D eigenvalue weighted by molar-refractivity contribution is 6.31. The first kappa shape index (κ1) is 15.7. The predicted molar refractivity (Wildman–Crippen MR) is 92.1 cm³/mol. The summed E-state index contributed by atoms with van der Waals surface area (Å²) in [7, 11) is 1.64. The van der Waals surface area contributed by atoms with E-state index in [2.05, 4.69) is 12.2 Å². The van der Waals surface area contributed by atoms with Crippen molar-refractivity contribution in [1.82, 2.24) is 4.90 Å². The van der Waals surface area contributed by atoms with Crippen molar-refractivity contribution < 1.29 is 9.53 Å². The monoisotopic (exact) mass is 330 g/mol. The van der Waals surface area contributed by atoms with Crippen molar-refractivity contribution in [2.24, 2.45) is 0 Å². The average molecular weight is 331 g/mol. The van der Waals surface area contributed by atoms with Crippen molar-refractivity contribution in [3.63, 3.8) is 0 Å². The van der Waals surface area contributed by atoms with Crippen molar-refractivity contribution in [3.05, 3.63) is 58.6 Å². The maximum absolute atomic E-state index is 12.9. The molecule has 0 saturated carbocycles. The zero-order chi connectivity index (χ0) is 16.4. The van der Waals surface area contributed by atoms with Gasteiger partial charge >= 0.3 is 0 Å². The second-order valence-corrected chi connectivity index (χ2v) is 5.91. The molecule has 5 heteroatoms. The number of hydrogen-bond acceptors (Lipinski definition) is 3. The fourth-order valence-corrected chi connectivity index (χ4v) is 3.10. The molecule has 2 aromatic rings. The lowest BCUT2D eigenvalue weighted by Gasteiger charge is -2.38. The number of benzene rings is 2. The summed E-state index contributed by atoms with van der Waals surface area (Å²) in [5.74, 6) is 0.762. The smallest absolute Gasteiger partial charge is 0.257 e. The Bertz CT molecular complexity index is 733. The van der Waals surface area contributed by atoms with Gasteiger partial charge in [-0.15, -0.1) is 0 Å². The number of nitrogens with one attached hydrogen (secondary N) is 1. The van der Waals surface area contributed by atoms with Crippen LogP contribution in [0.1, 0.15) is 35.4 Å². The van der Waals surface area contributed by atoms with Gasteiger partial charge in [-0.3, -0.25) is 4.79 Å². The van der Waals surface area contributed by atoms with Gasteiger partial charge in [0.2, 0.25) is 0 Å². The summed E-state index contributed by atoms with van der Waals surface area (Å²) in [6.45, 7) is 2.72. The highest BCUT2D eigenvalue weighted by Gasteiger charge is 2.33. The lowest BCUT2D eigenvalue weighted by molar-refractivity contribution is 0.0681. The maximum atomic E-state index is 12.9. The van der Waals surface area contributed by atoms with E-state index in [9.17, 15) is 4.79 Å². The van der Waals surface area contributed by atoms with Crippen LogP contribution in [-0.2, 0) is 0 Å². The number of amides is 1. The summed E-state index contributed by atoms with van der Waals surface area (Å²) in [4.78, 5) is 14.7. The van der Waals surface area contributed by atoms with E-state index in [1.54, 1.807) is 25.3 Å². The van der Waals surface area contributed by atoms with E-state index < -0.39 is 0 Å². The van der Waals surface area contributed by atoms with Crippen LogP contribution in [0.5, 0.6) is 5.75 Å². The second kappa shape index (κ2) is 6.50. The predicted octanol–water partition coefficient (Wildman–Crippen LogP) is 4.33. The van der Waals surface area contributed by atoms with E-state index in [4.69, 9.17) is 16.3 Å². The van der Waals surface area contributed by atoms with Gasteiger partial charge in [0.25, 0.3) is 5.91 Å². The fraction of sp³-hybridized carbons (Fsp3) is 0.278. The number of hydrogen-bond donors (Lipinski definition) is 1. The quantitative estimate of drug-likeness (QED) is 0.907. The van der Waals surface area contributed by atoms with Crippen LogP contribution in [0.25, 0.3) is 0 Å². The summed E-state index contributed by atoms with van der Waals surface area (Å²) >= 11 is 6.08. The number of nitrogens with zero attached hydrogens (tertiary/aromatic N) is 1. The van der Waals surface area contributed by atoms with Crippen LogP contribution in [-0.4, -0.2) is 24.5 Å². The first-order valence-corrected chi connectivity index (χ1v) is 8.03. The molecule has 120 valence electrons. The molecule has 1 unspecified atom stereocenters. The Morgan fingerprint density at radius 1 is 1.26 bits per heavy atom. The molecule has 1 aliphatic rings. The summed E-state index contributed by atoms with van der Waals surface area (Å²) in [5.41, 5.74) is 2.34. The molecule has 1 amide bonds. The number of carbonyl (C=O) groups excluding carboxylic acids is 1. The van der Waals surface area contributed by atoms with E-state index >= 15 is 0 Å². The molecule has 0 bridgehead atoms. The zero-order valence-electron chi connectivity index (χ0n) is 13.2. The molecule has 4 nitrogen and oxygen atoms in total. The first-order valence-electron chi connectivity index (χ1n) is 7.65. The Hall–Kier alpha value is -2.20. The van der Waals surface area contributed by atoms with Gasteiger partial charge in [0.15, 0.2) is 0 Å². The van der Waals surface area contributed by atoms with Gasteiger partial charge in [0, 0.05) is 17.1 Å². The Balaban J connectivity index is 2.09. The molecule has 0 fully saturated rings. The Morgan fingerprint density at radius 2 is 2.04 bits per heavy atom. The van der Waals surface area contributed by atoms with E-state index in [-0.39, 0.29) is 12.1 Å². The molecule has 1 N–H and O–H groups in total. The SMILES string of the molecule is CCCN1C(=O)c2ccc(Cl)cc2NC1c1ccccc1OC. The van der Waals surface area contributed by atoms with Crippen LogP contribution in [0.15, 0.2) is 42.5 Å². The van der Waals surface area contributed by atoms with Crippen molar-refractivity contribution in [1.29, 1.82) is 0 Å². The number of fused-ring (bicyclic) bond motifs is 1. The lowest BCUT2D eigenvalue weighted by atomic mass is 10.0. The highest BCUT2D eigenvalue weighted by Crippen LogP contribution is 2.37. The molecule has 1 heterocycles. The van der Waals surface area contributed by atoms with Crippen LogP contribution < -0.4 is 10.1 Å². The number of rotatable bonds is 4. The van der Waals surface area contributed by atoms with E-state index in [0.29, 0.717) is 17.1 Å². The average Bonchev–Trinajstić information content (AvgIpc) is 2.57. The molecule has 2 aromatic carbocycles. The summed E-state index contributed by atoms with van der Waals surface area (Å²) in [6, 6.07) is 13.0. The first-order chi connectivity index (χ1) is 11.2. The van der Waals surface area contributed by atoms with Crippen LogP contribution in [0.2, 0.25) is 5.02 Å². The van der Waals surface area contributed by atoms with E-state index in [0.717, 1.165) is 23.4 Å². The number of ether oxygens (including phenoxy) is 1. The van der Waals surface area contributed by atoms with Gasteiger partial charge < -0.3 is 15.0 Å². The van der Waals surface area contributed by atoms with Crippen LogP contribution in [0, 0.1) is 0 Å². The summed E-state index contributed by atoms with van der Waals surface area (Å²) in [5, 5.41) is 4.04. The minimum Gasteiger partial charge on any atom is -0.496 e. The van der Waals surface area contributed by atoms with Gasteiger partial charge in [-0.2, -0.15) is 0 Å². The summed E-state index contributed by atoms with van der Waals surface area (Å²) < 4.78 is 5.47. The maximum Gasteiger partial charge on any atom is 0.257 e. The molecule has 1 aliphatic heterocycles. The molecule has 0 spiro atoms. The normalized spacial score (nSPS) is 16.7. The number of para-hydroxylation sites is 1. The molecule has 0 saturated heterocycles. The number of anilines is 1. The van der Waals surface area contributed by atoms with Gasteiger partial charge in [0.1, 0.15) is 11.9 Å². The third-order valence-electron chi connectivity index (χ3n) is 3.97. The van der Waals surface area contributed by atoms with E-state index in [1.807, 2.05) is 29.2 Å². The van der Waals surface area contributed by atoms with Crippen molar-refractivity contribution in [2.75, 3.05) is 19.0 Å². The standard InChI is InChI=1S/C18H19ClN2O2/c1-3-10-21-17(14-6-4-5-7-16(14)23-2)20-15-11-12(19)8-9-13(15)18(21)22/h4-9,11,17,20H,3,10H2,1-2H3. The largest absolute Gasteiger partial charge is 0.496 e. The Kier molecular flexibility index (Phi) is 4.44. The van der Waals surface area contributed by atoms with Gasteiger partial charge in [-0.05, 0) is 30.7 Å². The number of carbonyl (C=O) groups is 1. The summed E-state index contributed by atoms with van der Waals surface area (Å²) in [6.07, 6.45) is 0.603. The van der Waals surface area contributed by atoms with Crippen LogP contribution in [0.4, 0.5) is 5.69 Å². The Morgan fingerprint density at radius 3 is 2.78 bits per heavy atom. The van der Waals surface area contributed by atoms with Gasteiger partial charge in [-0.25, -0.2) is 0 Å². The minimum absolute atomic E-state index is 0.00757. The third-order valence-corrected chi connectivity index (χ3v) is 4.21. The third kappa shape index (κ3) is 2.86. The molecule has 3 rings (SSSR count). The van der Waals surface area contributed by atoms with Gasteiger partial charge in [0.05, 0.1) is 18.4 Å². The van der Waals surface area contributed by atoms with Crippen molar-refractivity contribution in [2.45, 2.75) is 19.5 Å². The van der Waals surface area contributed by atoms with Crippen molar-refractivity contribution >= 4 is 23.2 Å². The highest BCUT2D eigenvalue weighted by atomic mass is 35.5. The number of methoxy groups -OCH3 is 1. The van der Waals surface area contributed by atoms with Crippen molar-refractivity contribution in [3.8, 4) is 5.75 Å².